The standard InChI is InChI=1S/C13H12ClNS/c1-3-5-9-8(2)15-12-10(13(9)16)6-4-7-11(12)14/h3-4,6-7H,1,5H2,2H3,(H,15,16)/p-1. The summed E-state index contributed by atoms with van der Waals surface area (Å²) >= 11 is 11.6. The maximum absolute atomic E-state index is 6.10. The van der Waals surface area contributed by atoms with Gasteiger partial charge in [0.15, 0.2) is 0 Å². The molecule has 0 unspecified atom stereocenters. The quantitative estimate of drug-likeness (QED) is 0.592. The normalized spacial score (nSPS) is 10.6. The number of fused-ring (bicyclic) bond motifs is 1. The number of hydrogen-bond acceptors (Lipinski definition) is 2. The lowest BCUT2D eigenvalue weighted by Gasteiger charge is -2.19. The van der Waals surface area contributed by atoms with E-state index in [2.05, 4.69) is 11.6 Å². The van der Waals surface area contributed by atoms with Crippen LogP contribution in [0.5, 0.6) is 0 Å². The molecule has 0 saturated carbocycles. The van der Waals surface area contributed by atoms with Crippen molar-refractivity contribution in [2.24, 2.45) is 0 Å². The summed E-state index contributed by atoms with van der Waals surface area (Å²) in [5.41, 5.74) is 2.80. The van der Waals surface area contributed by atoms with E-state index in [0.29, 0.717) is 5.02 Å². The van der Waals surface area contributed by atoms with E-state index in [-0.39, 0.29) is 0 Å². The fourth-order valence-electron chi connectivity index (χ4n) is 1.76. The molecule has 0 radical (unpaired) electrons. The molecule has 0 saturated heterocycles. The zero-order chi connectivity index (χ0) is 11.7. The maximum atomic E-state index is 6.10. The highest BCUT2D eigenvalue weighted by Gasteiger charge is 2.05. The number of pyridine rings is 1. The molecule has 0 spiro atoms. The average Bonchev–Trinajstić information content (AvgIpc) is 2.26. The molecular weight excluding hydrogens is 238 g/mol. The first-order valence-corrected chi connectivity index (χ1v) is 5.79. The van der Waals surface area contributed by atoms with Crippen LogP contribution in [0, 0.1) is 6.92 Å². The van der Waals surface area contributed by atoms with E-state index in [1.807, 2.05) is 31.2 Å². The van der Waals surface area contributed by atoms with Gasteiger partial charge < -0.3 is 12.6 Å². The molecule has 1 heterocycles. The lowest BCUT2D eigenvalue weighted by Crippen LogP contribution is -1.97. The lowest BCUT2D eigenvalue weighted by molar-refractivity contribution is 1.09. The number of aryl methyl sites for hydroxylation is 1. The van der Waals surface area contributed by atoms with Gasteiger partial charge in [0.1, 0.15) is 0 Å². The first-order chi connectivity index (χ1) is 7.65. The Kier molecular flexibility index (Phi) is 3.13. The summed E-state index contributed by atoms with van der Waals surface area (Å²) in [4.78, 5) is 5.35. The fourth-order valence-corrected chi connectivity index (χ4v) is 2.37. The Morgan fingerprint density at radius 1 is 1.50 bits per heavy atom. The van der Waals surface area contributed by atoms with Gasteiger partial charge >= 0.3 is 0 Å². The average molecular weight is 249 g/mol. The van der Waals surface area contributed by atoms with Crippen LogP contribution in [0.2, 0.25) is 5.02 Å². The summed E-state index contributed by atoms with van der Waals surface area (Å²) in [5.74, 6) is 0. The summed E-state index contributed by atoms with van der Waals surface area (Å²) in [7, 11) is 0. The van der Waals surface area contributed by atoms with E-state index in [1.54, 1.807) is 0 Å². The first-order valence-electron chi connectivity index (χ1n) is 5.00. The molecule has 0 atom stereocenters. The molecule has 0 aliphatic rings. The minimum absolute atomic E-state index is 0.650. The second-order valence-corrected chi connectivity index (χ2v) is 4.45. The van der Waals surface area contributed by atoms with Crippen LogP contribution in [0.3, 0.4) is 0 Å². The van der Waals surface area contributed by atoms with Crippen molar-refractivity contribution in [3.63, 3.8) is 0 Å². The predicted molar refractivity (Wildman–Crippen MR) is 71.0 cm³/mol. The molecule has 1 nitrogen and oxygen atoms in total. The molecule has 16 heavy (non-hydrogen) atoms. The number of allylic oxidation sites excluding steroid dienone is 1. The number of aromatic nitrogens is 1. The highest BCUT2D eigenvalue weighted by atomic mass is 35.5. The Hall–Kier alpha value is -1.12. The van der Waals surface area contributed by atoms with Crippen molar-refractivity contribution in [2.75, 3.05) is 0 Å². The first kappa shape index (κ1) is 11.4. The van der Waals surface area contributed by atoms with Crippen molar-refractivity contribution in [2.45, 2.75) is 18.2 Å². The van der Waals surface area contributed by atoms with Gasteiger partial charge in [-0.25, -0.2) is 0 Å². The van der Waals surface area contributed by atoms with Gasteiger partial charge in [-0.05, 0) is 30.4 Å². The van der Waals surface area contributed by atoms with Gasteiger partial charge in [-0.15, -0.1) is 6.58 Å². The van der Waals surface area contributed by atoms with E-state index in [4.69, 9.17) is 24.2 Å². The van der Waals surface area contributed by atoms with E-state index < -0.39 is 0 Å². The van der Waals surface area contributed by atoms with Crippen molar-refractivity contribution in [3.05, 3.63) is 47.1 Å². The highest BCUT2D eigenvalue weighted by Crippen LogP contribution is 2.28. The monoisotopic (exact) mass is 248 g/mol. The van der Waals surface area contributed by atoms with Gasteiger partial charge in [0, 0.05) is 5.69 Å². The molecule has 0 aliphatic carbocycles. The summed E-state index contributed by atoms with van der Waals surface area (Å²) < 4.78 is 0. The topological polar surface area (TPSA) is 12.9 Å². The summed E-state index contributed by atoms with van der Waals surface area (Å²) in [6.07, 6.45) is 2.59. The van der Waals surface area contributed by atoms with Crippen molar-refractivity contribution < 1.29 is 0 Å². The van der Waals surface area contributed by atoms with Gasteiger partial charge in [0.05, 0.1) is 10.5 Å². The number of nitrogens with zero attached hydrogens (tertiary/aromatic N) is 1. The van der Waals surface area contributed by atoms with Crippen LogP contribution in [0.4, 0.5) is 0 Å². The van der Waals surface area contributed by atoms with Gasteiger partial charge in [0.2, 0.25) is 0 Å². The highest BCUT2D eigenvalue weighted by molar-refractivity contribution is 7.59. The largest absolute Gasteiger partial charge is 0.779 e. The molecule has 0 amide bonds. The van der Waals surface area contributed by atoms with E-state index >= 15 is 0 Å². The van der Waals surface area contributed by atoms with Crippen molar-refractivity contribution in [1.29, 1.82) is 0 Å². The predicted octanol–water partition coefficient (Wildman–Crippen LogP) is 3.83. The second kappa shape index (κ2) is 4.40. The third-order valence-electron chi connectivity index (χ3n) is 2.57. The fraction of sp³-hybridized carbons (Fsp3) is 0.154. The number of halogens is 1. The minimum atomic E-state index is 0.650. The Labute approximate surface area is 106 Å². The molecule has 3 heteroatoms. The summed E-state index contributed by atoms with van der Waals surface area (Å²) in [6, 6.07) is 5.69. The minimum Gasteiger partial charge on any atom is -0.779 e. The Morgan fingerprint density at radius 2 is 2.25 bits per heavy atom. The van der Waals surface area contributed by atoms with Crippen LogP contribution in [-0.2, 0) is 19.0 Å². The number of rotatable bonds is 2. The van der Waals surface area contributed by atoms with Crippen LogP contribution >= 0.6 is 11.6 Å². The van der Waals surface area contributed by atoms with Crippen molar-refractivity contribution in [1.82, 2.24) is 4.98 Å². The van der Waals surface area contributed by atoms with Crippen LogP contribution in [0.1, 0.15) is 11.3 Å². The van der Waals surface area contributed by atoms with Crippen LogP contribution < -0.4 is 0 Å². The smallest absolute Gasteiger partial charge is 0.0876 e. The van der Waals surface area contributed by atoms with Gasteiger partial charge in [-0.3, -0.25) is 4.98 Å². The second-order valence-electron chi connectivity index (χ2n) is 3.63. The molecule has 0 bridgehead atoms. The maximum Gasteiger partial charge on any atom is 0.0876 e. The molecule has 0 aliphatic heterocycles. The molecule has 2 rings (SSSR count). The molecule has 2 aromatic rings. The van der Waals surface area contributed by atoms with E-state index in [9.17, 15) is 0 Å². The molecular formula is C13H11ClNS-. The third kappa shape index (κ3) is 1.79. The molecule has 0 fully saturated rings. The molecule has 1 aromatic carbocycles. The molecule has 82 valence electrons. The third-order valence-corrected chi connectivity index (χ3v) is 3.34. The van der Waals surface area contributed by atoms with E-state index in [0.717, 1.165) is 33.5 Å². The zero-order valence-electron chi connectivity index (χ0n) is 8.96. The van der Waals surface area contributed by atoms with Gasteiger partial charge in [0.25, 0.3) is 0 Å². The Bertz CT molecular complexity index is 563. The number of hydrogen-bond donors (Lipinski definition) is 0. The van der Waals surface area contributed by atoms with Crippen molar-refractivity contribution >= 4 is 35.1 Å². The zero-order valence-corrected chi connectivity index (χ0v) is 10.5. The Balaban J connectivity index is 2.83. The van der Waals surface area contributed by atoms with Gasteiger partial charge in [-0.2, -0.15) is 4.90 Å². The summed E-state index contributed by atoms with van der Waals surface area (Å²) in [5, 5.41) is 1.60. The van der Waals surface area contributed by atoms with Crippen LogP contribution in [0.25, 0.3) is 10.9 Å². The van der Waals surface area contributed by atoms with Gasteiger partial charge in [-0.1, -0.05) is 29.8 Å². The number of benzene rings is 1. The van der Waals surface area contributed by atoms with Crippen molar-refractivity contribution in [3.8, 4) is 0 Å². The van der Waals surface area contributed by atoms with E-state index in [1.165, 1.54) is 0 Å². The van der Waals surface area contributed by atoms with Crippen LogP contribution in [0.15, 0.2) is 35.7 Å². The Morgan fingerprint density at radius 3 is 2.94 bits per heavy atom. The van der Waals surface area contributed by atoms with Crippen LogP contribution in [-0.4, -0.2) is 4.98 Å². The molecule has 0 N–H and O–H groups in total. The SMILES string of the molecule is C=CCc1c(C)nc2c(Cl)cccc2c1[S-]. The summed E-state index contributed by atoms with van der Waals surface area (Å²) in [6.45, 7) is 5.69. The lowest BCUT2D eigenvalue weighted by atomic mass is 10.1. The number of para-hydroxylation sites is 1. The molecule has 1 aromatic heterocycles.